The Bertz CT molecular complexity index is 411. The zero-order valence-electron chi connectivity index (χ0n) is 11.3. The van der Waals surface area contributed by atoms with Gasteiger partial charge in [0.15, 0.2) is 0 Å². The van der Waals surface area contributed by atoms with E-state index in [1.165, 1.54) is 11.1 Å². The number of hydrogen-bond donors (Lipinski definition) is 1. The topological polar surface area (TPSA) is 35.8 Å². The maximum Gasteiger partial charge on any atom is 0.0991 e. The summed E-state index contributed by atoms with van der Waals surface area (Å²) in [7, 11) is 0. The van der Waals surface area contributed by atoms with Gasteiger partial charge in [-0.15, -0.1) is 0 Å². The number of benzene rings is 1. The fraction of sp³-hybridized carbons (Fsp3) is 0.533. The molecule has 0 unspecified atom stereocenters. The molecule has 17 heavy (non-hydrogen) atoms. The average molecular weight is 230 g/mol. The lowest BCUT2D eigenvalue weighted by Gasteiger charge is -2.28. The van der Waals surface area contributed by atoms with E-state index < -0.39 is 0 Å². The van der Waals surface area contributed by atoms with Crippen molar-refractivity contribution in [2.24, 2.45) is 0 Å². The Morgan fingerprint density at radius 3 is 2.41 bits per heavy atom. The maximum atomic E-state index is 8.82. The molecule has 0 spiro atoms. The van der Waals surface area contributed by atoms with Gasteiger partial charge in [-0.3, -0.25) is 0 Å². The number of nitriles is 1. The highest BCUT2D eigenvalue weighted by molar-refractivity contribution is 5.37. The molecule has 1 aromatic rings. The maximum absolute atomic E-state index is 8.82. The van der Waals surface area contributed by atoms with E-state index in [1.54, 1.807) is 0 Å². The number of rotatable bonds is 5. The van der Waals surface area contributed by atoms with Crippen molar-refractivity contribution in [1.29, 1.82) is 5.26 Å². The first-order chi connectivity index (χ1) is 8.04. The van der Waals surface area contributed by atoms with Gasteiger partial charge in [-0.25, -0.2) is 0 Å². The minimum atomic E-state index is 0.209. The van der Waals surface area contributed by atoms with Crippen LogP contribution in [0.15, 0.2) is 18.2 Å². The monoisotopic (exact) mass is 230 g/mol. The third-order valence-electron chi connectivity index (χ3n) is 3.74. The van der Waals surface area contributed by atoms with Crippen LogP contribution in [0.3, 0.4) is 0 Å². The molecule has 0 amide bonds. The predicted octanol–water partition coefficient (Wildman–Crippen LogP) is 3.54. The van der Waals surface area contributed by atoms with Crippen molar-refractivity contribution < 1.29 is 0 Å². The van der Waals surface area contributed by atoms with Crippen LogP contribution in [-0.4, -0.2) is 5.54 Å². The highest BCUT2D eigenvalue weighted by Crippen LogP contribution is 2.16. The summed E-state index contributed by atoms with van der Waals surface area (Å²) < 4.78 is 0. The first-order valence-corrected chi connectivity index (χ1v) is 6.29. The van der Waals surface area contributed by atoms with Crippen LogP contribution in [0.1, 0.15) is 50.3 Å². The molecule has 0 fully saturated rings. The lowest BCUT2D eigenvalue weighted by molar-refractivity contribution is 0.329. The largest absolute Gasteiger partial charge is 0.307 e. The number of nitrogens with zero attached hydrogens (tertiary/aromatic N) is 1. The molecule has 0 bridgehead atoms. The molecule has 0 aliphatic carbocycles. The van der Waals surface area contributed by atoms with Gasteiger partial charge in [-0.1, -0.05) is 19.9 Å². The summed E-state index contributed by atoms with van der Waals surface area (Å²) in [5.41, 5.74) is 3.41. The van der Waals surface area contributed by atoms with E-state index in [4.69, 9.17) is 5.26 Å². The van der Waals surface area contributed by atoms with E-state index in [9.17, 15) is 0 Å². The molecule has 92 valence electrons. The standard InChI is InChI=1S/C15H22N2/c1-5-15(4,6-2)17-11-14-8-7-13(10-16)9-12(14)3/h7-9,17H,5-6,11H2,1-4H3. The summed E-state index contributed by atoms with van der Waals surface area (Å²) in [6, 6.07) is 8.06. The second-order valence-corrected chi connectivity index (χ2v) is 4.87. The van der Waals surface area contributed by atoms with E-state index in [0.717, 1.165) is 24.9 Å². The highest BCUT2D eigenvalue weighted by atomic mass is 15.0. The number of aryl methyl sites for hydroxylation is 1. The summed E-state index contributed by atoms with van der Waals surface area (Å²) in [6.45, 7) is 9.61. The summed E-state index contributed by atoms with van der Waals surface area (Å²) in [4.78, 5) is 0. The van der Waals surface area contributed by atoms with Gasteiger partial charge in [-0.05, 0) is 49.9 Å². The third kappa shape index (κ3) is 3.57. The van der Waals surface area contributed by atoms with Gasteiger partial charge in [-0.2, -0.15) is 5.26 Å². The molecular weight excluding hydrogens is 208 g/mol. The van der Waals surface area contributed by atoms with Gasteiger partial charge in [0.05, 0.1) is 11.6 Å². The zero-order valence-corrected chi connectivity index (χ0v) is 11.3. The molecule has 0 atom stereocenters. The van der Waals surface area contributed by atoms with Crippen LogP contribution < -0.4 is 5.32 Å². The Balaban J connectivity index is 2.74. The Hall–Kier alpha value is -1.33. The Morgan fingerprint density at radius 2 is 1.94 bits per heavy atom. The Labute approximate surface area is 105 Å². The molecule has 1 rings (SSSR count). The molecule has 1 aromatic carbocycles. The molecule has 0 radical (unpaired) electrons. The Kier molecular flexibility index (Phi) is 4.72. The van der Waals surface area contributed by atoms with Gasteiger partial charge in [0.1, 0.15) is 0 Å². The van der Waals surface area contributed by atoms with E-state index in [2.05, 4.69) is 39.1 Å². The highest BCUT2D eigenvalue weighted by Gasteiger charge is 2.18. The lowest BCUT2D eigenvalue weighted by Crippen LogP contribution is -2.40. The van der Waals surface area contributed by atoms with Crippen LogP contribution in [-0.2, 0) is 6.54 Å². The minimum Gasteiger partial charge on any atom is -0.307 e. The quantitative estimate of drug-likeness (QED) is 0.840. The molecule has 0 heterocycles. The minimum absolute atomic E-state index is 0.209. The molecular formula is C15H22N2. The molecule has 2 heteroatoms. The van der Waals surface area contributed by atoms with Crippen LogP contribution in [0.4, 0.5) is 0 Å². The lowest BCUT2D eigenvalue weighted by atomic mass is 9.94. The molecule has 0 saturated heterocycles. The fourth-order valence-corrected chi connectivity index (χ4v) is 1.77. The van der Waals surface area contributed by atoms with Crippen LogP contribution in [0.2, 0.25) is 0 Å². The van der Waals surface area contributed by atoms with Crippen molar-refractivity contribution in [3.05, 3.63) is 34.9 Å². The van der Waals surface area contributed by atoms with Gasteiger partial charge in [0.2, 0.25) is 0 Å². The first kappa shape index (κ1) is 13.7. The first-order valence-electron chi connectivity index (χ1n) is 6.29. The van der Waals surface area contributed by atoms with Crippen molar-refractivity contribution in [3.8, 4) is 6.07 Å². The van der Waals surface area contributed by atoms with Crippen molar-refractivity contribution in [2.75, 3.05) is 0 Å². The van der Waals surface area contributed by atoms with Crippen molar-refractivity contribution in [2.45, 2.75) is 52.6 Å². The van der Waals surface area contributed by atoms with Gasteiger partial charge in [0, 0.05) is 12.1 Å². The molecule has 1 N–H and O–H groups in total. The fourth-order valence-electron chi connectivity index (χ4n) is 1.77. The van der Waals surface area contributed by atoms with Gasteiger partial charge < -0.3 is 5.32 Å². The molecule has 0 aromatic heterocycles. The van der Waals surface area contributed by atoms with Crippen molar-refractivity contribution in [3.63, 3.8) is 0 Å². The summed E-state index contributed by atoms with van der Waals surface area (Å²) >= 11 is 0. The van der Waals surface area contributed by atoms with Crippen LogP contribution in [0.5, 0.6) is 0 Å². The van der Waals surface area contributed by atoms with E-state index in [-0.39, 0.29) is 5.54 Å². The zero-order chi connectivity index (χ0) is 12.9. The van der Waals surface area contributed by atoms with E-state index in [1.807, 2.05) is 18.2 Å². The van der Waals surface area contributed by atoms with E-state index in [0.29, 0.717) is 0 Å². The smallest absolute Gasteiger partial charge is 0.0991 e. The SMILES string of the molecule is CCC(C)(CC)NCc1ccc(C#N)cc1C. The second kappa shape index (κ2) is 5.84. The molecule has 0 aliphatic heterocycles. The third-order valence-corrected chi connectivity index (χ3v) is 3.74. The van der Waals surface area contributed by atoms with Crippen LogP contribution >= 0.6 is 0 Å². The predicted molar refractivity (Wildman–Crippen MR) is 71.7 cm³/mol. The van der Waals surface area contributed by atoms with Crippen molar-refractivity contribution >= 4 is 0 Å². The molecule has 0 aliphatic rings. The van der Waals surface area contributed by atoms with Gasteiger partial charge in [0.25, 0.3) is 0 Å². The molecule has 2 nitrogen and oxygen atoms in total. The summed E-state index contributed by atoms with van der Waals surface area (Å²) in [6.07, 6.45) is 2.25. The number of hydrogen-bond acceptors (Lipinski definition) is 2. The van der Waals surface area contributed by atoms with Crippen LogP contribution in [0, 0.1) is 18.3 Å². The summed E-state index contributed by atoms with van der Waals surface area (Å²) in [5.74, 6) is 0. The van der Waals surface area contributed by atoms with Crippen LogP contribution in [0.25, 0.3) is 0 Å². The Morgan fingerprint density at radius 1 is 1.29 bits per heavy atom. The number of nitrogens with one attached hydrogen (secondary N) is 1. The molecule has 0 saturated carbocycles. The normalized spacial score (nSPS) is 11.2. The van der Waals surface area contributed by atoms with E-state index >= 15 is 0 Å². The average Bonchev–Trinajstić information content (AvgIpc) is 2.36. The van der Waals surface area contributed by atoms with Crippen molar-refractivity contribution in [1.82, 2.24) is 5.32 Å². The van der Waals surface area contributed by atoms with Gasteiger partial charge >= 0.3 is 0 Å². The second-order valence-electron chi connectivity index (χ2n) is 4.87. The summed E-state index contributed by atoms with van der Waals surface area (Å²) in [5, 5.41) is 12.4.